The van der Waals surface area contributed by atoms with Crippen LogP contribution in [-0.2, 0) is 14.2 Å². The van der Waals surface area contributed by atoms with Gasteiger partial charge in [0.25, 0.3) is 0 Å². The Kier molecular flexibility index (Phi) is 8.56. The van der Waals surface area contributed by atoms with Gasteiger partial charge in [-0.25, -0.2) is 9.98 Å². The summed E-state index contributed by atoms with van der Waals surface area (Å²) in [4.78, 5) is 18.6. The summed E-state index contributed by atoms with van der Waals surface area (Å²) in [6.07, 6.45) is -6.70. The molecule has 0 aromatic heterocycles. The number of aliphatic hydroxyl groups is 7. The molecule has 0 saturated carbocycles. The third kappa shape index (κ3) is 5.26. The first-order chi connectivity index (χ1) is 17.3. The molecule has 4 aliphatic rings. The molecular formula is C21H31N5O10. The van der Waals surface area contributed by atoms with Crippen molar-refractivity contribution in [2.75, 3.05) is 26.4 Å². The normalized spacial score (nSPS) is 41.8. The van der Waals surface area contributed by atoms with Gasteiger partial charge in [-0.2, -0.15) is 0 Å². The van der Waals surface area contributed by atoms with Gasteiger partial charge in [-0.3, -0.25) is 14.9 Å². The lowest BCUT2D eigenvalue weighted by Gasteiger charge is -2.39. The van der Waals surface area contributed by atoms with Crippen LogP contribution in [0.25, 0.3) is 0 Å². The summed E-state index contributed by atoms with van der Waals surface area (Å²) in [5, 5.41) is 68.6. The topological polar surface area (TPSA) is 222 Å². The second-order valence-corrected chi connectivity index (χ2v) is 8.79. The van der Waals surface area contributed by atoms with Crippen LogP contribution in [0.4, 0.5) is 0 Å². The Morgan fingerprint density at radius 3 is 2.42 bits per heavy atom. The summed E-state index contributed by atoms with van der Waals surface area (Å²) in [7, 11) is 0. The number of nitrogens with zero attached hydrogens (tertiary/aromatic N) is 5. The predicted molar refractivity (Wildman–Crippen MR) is 124 cm³/mol. The summed E-state index contributed by atoms with van der Waals surface area (Å²) in [6, 6.07) is -0.629. The molecule has 0 amide bonds. The highest BCUT2D eigenvalue weighted by Gasteiger charge is 2.49. The van der Waals surface area contributed by atoms with Crippen molar-refractivity contribution in [2.45, 2.75) is 68.2 Å². The van der Waals surface area contributed by atoms with Crippen molar-refractivity contribution in [3.63, 3.8) is 0 Å². The van der Waals surface area contributed by atoms with Crippen LogP contribution in [0.3, 0.4) is 0 Å². The third-order valence-electron chi connectivity index (χ3n) is 6.28. The average Bonchev–Trinajstić information content (AvgIpc) is 3.43. The molecule has 4 heterocycles. The zero-order chi connectivity index (χ0) is 26.0. The van der Waals surface area contributed by atoms with Gasteiger partial charge in [0, 0.05) is 0 Å². The number of aliphatic hydroxyl groups excluding tert-OH is 7. The summed E-state index contributed by atoms with van der Waals surface area (Å²) < 4.78 is 16.4. The summed E-state index contributed by atoms with van der Waals surface area (Å²) in [6.45, 7) is 1.01. The largest absolute Gasteiger partial charge is 0.394 e. The van der Waals surface area contributed by atoms with Crippen LogP contribution < -0.4 is 0 Å². The van der Waals surface area contributed by atoms with E-state index in [1.807, 2.05) is 0 Å². The standard InChI is InChI=1S/C21H31N5O10/c1-9(6-34-21-17(33)15(31)13(29)11(5-28)36-21)2-3-22-18-12-19(24-7-23-18)26(8-25-12)20-16(32)14(30)10(4-27)35-20/h2,7-8,10-17,20-21,27-33H,3-6H2,1H3. The Bertz CT molecular complexity index is 940. The van der Waals surface area contributed by atoms with Crippen molar-refractivity contribution >= 4 is 24.3 Å². The van der Waals surface area contributed by atoms with Gasteiger partial charge < -0.3 is 50.0 Å². The second-order valence-electron chi connectivity index (χ2n) is 8.79. The minimum absolute atomic E-state index is 0.0319. The van der Waals surface area contributed by atoms with Crippen molar-refractivity contribution in [3.8, 4) is 0 Å². The van der Waals surface area contributed by atoms with Crippen molar-refractivity contribution in [1.82, 2.24) is 4.90 Å². The van der Waals surface area contributed by atoms with E-state index in [1.54, 1.807) is 13.0 Å². The van der Waals surface area contributed by atoms with E-state index in [1.165, 1.54) is 17.6 Å². The molecule has 15 nitrogen and oxygen atoms in total. The molecule has 36 heavy (non-hydrogen) atoms. The number of hydrogen-bond donors (Lipinski definition) is 7. The van der Waals surface area contributed by atoms with Crippen molar-refractivity contribution in [3.05, 3.63) is 11.6 Å². The van der Waals surface area contributed by atoms with Crippen molar-refractivity contribution < 1.29 is 50.0 Å². The first-order valence-corrected chi connectivity index (χ1v) is 11.4. The van der Waals surface area contributed by atoms with Crippen LogP contribution in [0, 0.1) is 0 Å². The number of rotatable bonds is 8. The average molecular weight is 514 g/mol. The fourth-order valence-corrected chi connectivity index (χ4v) is 4.15. The summed E-state index contributed by atoms with van der Waals surface area (Å²) in [5.74, 6) is 0.773. The van der Waals surface area contributed by atoms with E-state index >= 15 is 0 Å². The van der Waals surface area contributed by atoms with E-state index < -0.39 is 74.5 Å². The van der Waals surface area contributed by atoms with E-state index in [2.05, 4.69) is 20.0 Å². The lowest BCUT2D eigenvalue weighted by Crippen LogP contribution is -2.59. The molecular weight excluding hydrogens is 482 g/mol. The number of aliphatic imine (C=N–C) groups is 4. The van der Waals surface area contributed by atoms with Gasteiger partial charge in [-0.15, -0.1) is 0 Å². The smallest absolute Gasteiger partial charge is 0.187 e. The lowest BCUT2D eigenvalue weighted by molar-refractivity contribution is -0.299. The van der Waals surface area contributed by atoms with E-state index in [9.17, 15) is 35.7 Å². The Hall–Kier alpha value is -2.18. The minimum atomic E-state index is -1.52. The third-order valence-corrected chi connectivity index (χ3v) is 6.28. The van der Waals surface area contributed by atoms with E-state index in [0.717, 1.165) is 5.57 Å². The number of amidine groups is 2. The Balaban J connectivity index is 1.32. The summed E-state index contributed by atoms with van der Waals surface area (Å²) in [5.41, 5.74) is 0.730. The van der Waals surface area contributed by atoms with E-state index in [4.69, 9.17) is 14.2 Å². The number of hydrogen-bond acceptors (Lipinski definition) is 14. The molecule has 10 unspecified atom stereocenters. The lowest BCUT2D eigenvalue weighted by atomic mass is 9.99. The molecule has 0 aromatic rings. The molecule has 0 bridgehead atoms. The number of ether oxygens (including phenoxy) is 3. The van der Waals surface area contributed by atoms with Gasteiger partial charge in [0.1, 0.15) is 54.9 Å². The molecule has 0 radical (unpaired) electrons. The van der Waals surface area contributed by atoms with Crippen LogP contribution in [-0.4, -0.2) is 153 Å². The minimum Gasteiger partial charge on any atom is -0.394 e. The van der Waals surface area contributed by atoms with Gasteiger partial charge in [0.05, 0.1) is 32.7 Å². The number of fused-ring (bicyclic) bond motifs is 1. The maximum absolute atomic E-state index is 10.3. The predicted octanol–water partition coefficient (Wildman–Crippen LogP) is -4.26. The molecule has 200 valence electrons. The maximum atomic E-state index is 10.3. The first-order valence-electron chi connectivity index (χ1n) is 11.4. The van der Waals surface area contributed by atoms with Crippen LogP contribution in [0.15, 0.2) is 31.6 Å². The molecule has 0 aliphatic carbocycles. The Morgan fingerprint density at radius 2 is 1.72 bits per heavy atom. The Morgan fingerprint density at radius 1 is 1.03 bits per heavy atom. The van der Waals surface area contributed by atoms with Crippen molar-refractivity contribution in [2.24, 2.45) is 20.0 Å². The zero-order valence-electron chi connectivity index (χ0n) is 19.4. The molecule has 0 spiro atoms. The monoisotopic (exact) mass is 513 g/mol. The van der Waals surface area contributed by atoms with E-state index in [0.29, 0.717) is 11.7 Å². The maximum Gasteiger partial charge on any atom is 0.187 e. The Labute approximate surface area is 206 Å². The zero-order valence-corrected chi connectivity index (χ0v) is 19.4. The first kappa shape index (κ1) is 26.9. The molecule has 10 atom stereocenters. The summed E-state index contributed by atoms with van der Waals surface area (Å²) >= 11 is 0. The molecule has 2 fully saturated rings. The van der Waals surface area contributed by atoms with Gasteiger partial charge in [0.15, 0.2) is 24.4 Å². The molecule has 4 aliphatic heterocycles. The highest BCUT2D eigenvalue weighted by atomic mass is 16.7. The fourth-order valence-electron chi connectivity index (χ4n) is 4.15. The van der Waals surface area contributed by atoms with Gasteiger partial charge in [0.2, 0.25) is 0 Å². The van der Waals surface area contributed by atoms with Gasteiger partial charge >= 0.3 is 0 Å². The molecule has 4 rings (SSSR count). The molecule has 7 N–H and O–H groups in total. The van der Waals surface area contributed by atoms with Crippen molar-refractivity contribution in [1.29, 1.82) is 0 Å². The van der Waals surface area contributed by atoms with Crippen LogP contribution in [0.1, 0.15) is 6.92 Å². The van der Waals surface area contributed by atoms with Gasteiger partial charge in [-0.1, -0.05) is 6.08 Å². The highest BCUT2D eigenvalue weighted by Crippen LogP contribution is 2.27. The van der Waals surface area contributed by atoms with Crippen LogP contribution in [0.2, 0.25) is 0 Å². The van der Waals surface area contributed by atoms with Crippen LogP contribution in [0.5, 0.6) is 0 Å². The van der Waals surface area contributed by atoms with E-state index in [-0.39, 0.29) is 13.2 Å². The molecule has 15 heteroatoms. The molecule has 0 aromatic carbocycles. The quantitative estimate of drug-likeness (QED) is 0.154. The highest BCUT2D eigenvalue weighted by molar-refractivity contribution is 6.21. The van der Waals surface area contributed by atoms with Gasteiger partial charge in [-0.05, 0) is 12.5 Å². The van der Waals surface area contributed by atoms with Crippen LogP contribution >= 0.6 is 0 Å². The fraction of sp³-hybridized carbons (Fsp3) is 0.714. The molecule has 2 saturated heterocycles. The SMILES string of the molecule is CC(=CCN=C1N=CN=C2C1N=CN2C1OC(CO)C(O)C1O)COC1OC(CO)C(O)C(O)C1O. The second kappa shape index (κ2) is 11.5.